The fourth-order valence-electron chi connectivity index (χ4n) is 2.48. The van der Waals surface area contributed by atoms with Crippen LogP contribution in [0.4, 0.5) is 4.79 Å². The van der Waals surface area contributed by atoms with Crippen LogP contribution in [-0.2, 0) is 4.74 Å². The predicted molar refractivity (Wildman–Crippen MR) is 95.8 cm³/mol. The number of benzene rings is 2. The summed E-state index contributed by atoms with van der Waals surface area (Å²) in [7, 11) is 0. The summed E-state index contributed by atoms with van der Waals surface area (Å²) >= 11 is 0. The molecular formula is C20H25NO3. The van der Waals surface area contributed by atoms with Crippen LogP contribution in [0.1, 0.15) is 37.9 Å². The molecule has 0 aliphatic heterocycles. The Morgan fingerprint density at radius 2 is 1.75 bits per heavy atom. The van der Waals surface area contributed by atoms with Gasteiger partial charge in [-0.25, -0.2) is 4.79 Å². The summed E-state index contributed by atoms with van der Waals surface area (Å²) in [6.45, 7) is 7.29. The number of carbonyl (C=O) groups is 1. The fraction of sp³-hybridized carbons (Fsp3) is 0.350. The molecule has 0 aromatic heterocycles. The third-order valence-electron chi connectivity index (χ3n) is 3.64. The van der Waals surface area contributed by atoms with E-state index in [4.69, 9.17) is 4.74 Å². The molecule has 0 aliphatic carbocycles. The average Bonchev–Trinajstić information content (AvgIpc) is 2.52. The van der Waals surface area contributed by atoms with Gasteiger partial charge in [0.25, 0.3) is 0 Å². The molecule has 1 amide bonds. The summed E-state index contributed by atoms with van der Waals surface area (Å²) in [6.07, 6.45) is -0.537. The van der Waals surface area contributed by atoms with Crippen molar-refractivity contribution in [3.63, 3.8) is 0 Å². The number of carbonyl (C=O) groups excluding carboxylic acids is 1. The van der Waals surface area contributed by atoms with Gasteiger partial charge in [0, 0.05) is 0 Å². The minimum Gasteiger partial charge on any atom is -0.444 e. The molecular weight excluding hydrogens is 302 g/mol. The normalized spacial score (nSPS) is 12.5. The zero-order valence-corrected chi connectivity index (χ0v) is 14.7. The van der Waals surface area contributed by atoms with Crippen molar-refractivity contribution in [1.29, 1.82) is 0 Å². The lowest BCUT2D eigenvalue weighted by atomic mass is 9.98. The summed E-state index contributed by atoms with van der Waals surface area (Å²) in [5.74, 6) is 0. The van der Waals surface area contributed by atoms with E-state index >= 15 is 0 Å². The number of hydrogen-bond donors (Lipinski definition) is 2. The molecule has 0 saturated heterocycles. The standard InChI is InChI=1S/C20H25NO3/c1-14-7-5-6-8-17(14)15-9-11-16(12-10-15)18(13-22)21-19(23)24-20(2,3)4/h5-12,18,22H,13H2,1-4H3,(H,21,23)/t18-/m0/s1. The van der Waals surface area contributed by atoms with Gasteiger partial charge in [-0.2, -0.15) is 0 Å². The lowest BCUT2D eigenvalue weighted by Gasteiger charge is -2.23. The first-order valence-electron chi connectivity index (χ1n) is 8.06. The van der Waals surface area contributed by atoms with E-state index in [0.29, 0.717) is 0 Å². The molecule has 4 heteroatoms. The van der Waals surface area contributed by atoms with Crippen LogP contribution >= 0.6 is 0 Å². The van der Waals surface area contributed by atoms with Crippen molar-refractivity contribution in [2.24, 2.45) is 0 Å². The first kappa shape index (κ1) is 18.0. The van der Waals surface area contributed by atoms with Gasteiger partial charge in [0.15, 0.2) is 0 Å². The van der Waals surface area contributed by atoms with Crippen LogP contribution < -0.4 is 5.32 Å². The number of aliphatic hydroxyl groups excluding tert-OH is 1. The molecule has 0 bridgehead atoms. The summed E-state index contributed by atoms with van der Waals surface area (Å²) in [5, 5.41) is 12.3. The van der Waals surface area contributed by atoms with Crippen molar-refractivity contribution in [3.8, 4) is 11.1 Å². The highest BCUT2D eigenvalue weighted by Crippen LogP contribution is 2.25. The first-order chi connectivity index (χ1) is 11.3. The molecule has 24 heavy (non-hydrogen) atoms. The molecule has 2 N–H and O–H groups in total. The van der Waals surface area contributed by atoms with Crippen LogP contribution in [0.25, 0.3) is 11.1 Å². The van der Waals surface area contributed by atoms with Crippen LogP contribution in [0.5, 0.6) is 0 Å². The maximum atomic E-state index is 11.9. The van der Waals surface area contributed by atoms with Gasteiger partial charge >= 0.3 is 6.09 Å². The Morgan fingerprint density at radius 1 is 1.12 bits per heavy atom. The van der Waals surface area contributed by atoms with E-state index in [-0.39, 0.29) is 6.61 Å². The lowest BCUT2D eigenvalue weighted by molar-refractivity contribution is 0.0482. The molecule has 0 spiro atoms. The quantitative estimate of drug-likeness (QED) is 0.884. The van der Waals surface area contributed by atoms with Crippen molar-refractivity contribution >= 4 is 6.09 Å². The number of aliphatic hydroxyl groups is 1. The SMILES string of the molecule is Cc1ccccc1-c1ccc([C@H](CO)NC(=O)OC(C)(C)C)cc1. The van der Waals surface area contributed by atoms with Gasteiger partial charge in [0.05, 0.1) is 12.6 Å². The topological polar surface area (TPSA) is 58.6 Å². The summed E-state index contributed by atoms with van der Waals surface area (Å²) in [4.78, 5) is 11.9. The largest absolute Gasteiger partial charge is 0.444 e. The second-order valence-electron chi connectivity index (χ2n) is 6.82. The van der Waals surface area contributed by atoms with Crippen molar-refractivity contribution in [1.82, 2.24) is 5.32 Å². The molecule has 0 heterocycles. The second-order valence-corrected chi connectivity index (χ2v) is 6.82. The maximum absolute atomic E-state index is 11.9. The third-order valence-corrected chi connectivity index (χ3v) is 3.64. The number of aryl methyl sites for hydroxylation is 1. The number of ether oxygens (including phenoxy) is 1. The lowest BCUT2D eigenvalue weighted by Crippen LogP contribution is -2.36. The Balaban J connectivity index is 2.13. The van der Waals surface area contributed by atoms with Gasteiger partial charge in [-0.3, -0.25) is 0 Å². The van der Waals surface area contributed by atoms with Crippen molar-refractivity contribution in [3.05, 3.63) is 59.7 Å². The van der Waals surface area contributed by atoms with Gasteiger partial charge in [-0.15, -0.1) is 0 Å². The highest BCUT2D eigenvalue weighted by atomic mass is 16.6. The summed E-state index contributed by atoms with van der Waals surface area (Å²) in [5.41, 5.74) is 3.74. The molecule has 4 nitrogen and oxygen atoms in total. The zero-order chi connectivity index (χ0) is 17.7. The monoisotopic (exact) mass is 327 g/mol. The molecule has 2 aromatic rings. The highest BCUT2D eigenvalue weighted by Gasteiger charge is 2.20. The molecule has 0 radical (unpaired) electrons. The minimum absolute atomic E-state index is 0.192. The number of hydrogen-bond acceptors (Lipinski definition) is 3. The van der Waals surface area contributed by atoms with E-state index < -0.39 is 17.7 Å². The van der Waals surface area contributed by atoms with E-state index in [1.807, 2.05) is 36.4 Å². The number of nitrogens with one attached hydrogen (secondary N) is 1. The molecule has 0 saturated carbocycles. The number of amides is 1. The van der Waals surface area contributed by atoms with E-state index in [1.54, 1.807) is 20.8 Å². The van der Waals surface area contributed by atoms with Crippen LogP contribution in [0.15, 0.2) is 48.5 Å². The molecule has 128 valence electrons. The van der Waals surface area contributed by atoms with E-state index in [0.717, 1.165) is 11.1 Å². The maximum Gasteiger partial charge on any atom is 0.408 e. The van der Waals surface area contributed by atoms with Crippen molar-refractivity contribution in [2.75, 3.05) is 6.61 Å². The van der Waals surface area contributed by atoms with Gasteiger partial charge in [-0.05, 0) is 49.9 Å². The summed E-state index contributed by atoms with van der Waals surface area (Å²) < 4.78 is 5.24. The molecule has 2 aromatic carbocycles. The van der Waals surface area contributed by atoms with Crippen LogP contribution in [0.2, 0.25) is 0 Å². The Morgan fingerprint density at radius 3 is 2.29 bits per heavy atom. The summed E-state index contributed by atoms with van der Waals surface area (Å²) in [6, 6.07) is 15.5. The Labute approximate surface area is 143 Å². The number of rotatable bonds is 4. The molecule has 0 unspecified atom stereocenters. The van der Waals surface area contributed by atoms with Crippen LogP contribution in [0.3, 0.4) is 0 Å². The fourth-order valence-corrected chi connectivity index (χ4v) is 2.48. The Bertz CT molecular complexity index is 687. The van der Waals surface area contributed by atoms with Crippen molar-refractivity contribution < 1.29 is 14.6 Å². The average molecular weight is 327 g/mol. The minimum atomic E-state index is -0.571. The van der Waals surface area contributed by atoms with Gasteiger partial charge in [0.1, 0.15) is 5.60 Å². The number of alkyl carbamates (subject to hydrolysis) is 1. The van der Waals surface area contributed by atoms with Crippen LogP contribution in [-0.4, -0.2) is 23.4 Å². The predicted octanol–water partition coefficient (Wildman–Crippen LogP) is 4.22. The third kappa shape index (κ3) is 4.83. The molecule has 0 aliphatic rings. The molecule has 1 atom stereocenters. The van der Waals surface area contributed by atoms with Crippen LogP contribution in [0, 0.1) is 6.92 Å². The second kappa shape index (κ2) is 7.49. The zero-order valence-electron chi connectivity index (χ0n) is 14.7. The van der Waals surface area contributed by atoms with Gasteiger partial charge < -0.3 is 15.2 Å². The Hall–Kier alpha value is -2.33. The van der Waals surface area contributed by atoms with Crippen molar-refractivity contribution in [2.45, 2.75) is 39.3 Å². The first-order valence-corrected chi connectivity index (χ1v) is 8.06. The van der Waals surface area contributed by atoms with E-state index in [1.165, 1.54) is 11.1 Å². The van der Waals surface area contributed by atoms with Gasteiger partial charge in [0.2, 0.25) is 0 Å². The smallest absolute Gasteiger partial charge is 0.408 e. The molecule has 2 rings (SSSR count). The highest BCUT2D eigenvalue weighted by molar-refractivity contribution is 5.69. The Kier molecular flexibility index (Phi) is 5.62. The van der Waals surface area contributed by atoms with E-state index in [9.17, 15) is 9.90 Å². The van der Waals surface area contributed by atoms with E-state index in [2.05, 4.69) is 24.4 Å². The molecule has 0 fully saturated rings. The van der Waals surface area contributed by atoms with Gasteiger partial charge in [-0.1, -0.05) is 48.5 Å².